The quantitative estimate of drug-likeness (QED) is 0.0153. The number of carbonyl (C=O) groups is 15. The molecular formula is C68H124N18O21S. The Morgan fingerprint density at radius 2 is 0.676 bits per heavy atom. The van der Waals surface area contributed by atoms with Crippen molar-refractivity contribution in [2.45, 2.75) is 252 Å². The number of nitrogens with two attached hydrogens (primary N) is 3. The maximum atomic E-state index is 14.1. The van der Waals surface area contributed by atoms with Crippen LogP contribution in [-0.2, 0) is 71.9 Å². The lowest BCUT2D eigenvalue weighted by Gasteiger charge is -2.30. The van der Waals surface area contributed by atoms with Gasteiger partial charge in [-0.15, -0.1) is 0 Å². The van der Waals surface area contributed by atoms with Gasteiger partial charge in [0.1, 0.15) is 90.6 Å². The number of carboxylic acid groups (broad SMARTS) is 1. The summed E-state index contributed by atoms with van der Waals surface area (Å²) in [6.45, 7) is 20.2. The van der Waals surface area contributed by atoms with Crippen LogP contribution < -0.4 is 91.6 Å². The highest BCUT2D eigenvalue weighted by Crippen LogP contribution is 2.16. The number of guanidine groups is 1. The highest BCUT2D eigenvalue weighted by Gasteiger charge is 2.40. The molecule has 40 heteroatoms. The zero-order valence-electron chi connectivity index (χ0n) is 65.0. The summed E-state index contributed by atoms with van der Waals surface area (Å²) < 4.78 is 0. The average Bonchev–Trinajstić information content (AvgIpc) is 0.856. The second kappa shape index (κ2) is 50.9. The summed E-state index contributed by atoms with van der Waals surface area (Å²) >= 11 is 1.25. The van der Waals surface area contributed by atoms with E-state index in [1.165, 1.54) is 25.6 Å². The van der Waals surface area contributed by atoms with Crippen molar-refractivity contribution in [3.05, 3.63) is 0 Å². The molecule has 0 unspecified atom stereocenters. The van der Waals surface area contributed by atoms with Gasteiger partial charge in [0.05, 0.1) is 32.5 Å². The molecule has 18 atom stereocenters. The van der Waals surface area contributed by atoms with Crippen molar-refractivity contribution >= 4 is 106 Å². The van der Waals surface area contributed by atoms with Crippen LogP contribution in [0.2, 0.25) is 0 Å². The van der Waals surface area contributed by atoms with E-state index in [1.807, 2.05) is 0 Å². The Bertz CT molecular complexity index is 3000. The normalized spacial score (nSPS) is 16.4. The zero-order chi connectivity index (χ0) is 83.2. The van der Waals surface area contributed by atoms with Crippen LogP contribution in [0.4, 0.5) is 0 Å². The van der Waals surface area contributed by atoms with E-state index in [0.717, 1.165) is 6.92 Å². The molecule has 0 aliphatic rings. The van der Waals surface area contributed by atoms with Gasteiger partial charge < -0.3 is 122 Å². The van der Waals surface area contributed by atoms with Crippen LogP contribution in [0.5, 0.6) is 0 Å². The van der Waals surface area contributed by atoms with Gasteiger partial charge in [-0.05, 0) is 107 Å². The summed E-state index contributed by atoms with van der Waals surface area (Å²) in [7, 11) is 0. The maximum Gasteiger partial charge on any atom is 0.328 e. The topological polar surface area (TPSA) is 636 Å². The van der Waals surface area contributed by atoms with E-state index in [-0.39, 0.29) is 74.5 Å². The van der Waals surface area contributed by atoms with Crippen LogP contribution >= 0.6 is 11.8 Å². The van der Waals surface area contributed by atoms with Gasteiger partial charge in [-0.1, -0.05) is 95.9 Å². The van der Waals surface area contributed by atoms with Crippen LogP contribution in [0.25, 0.3) is 0 Å². The molecule has 39 nitrogen and oxygen atoms in total. The molecule has 0 radical (unpaired) electrons. The van der Waals surface area contributed by atoms with Gasteiger partial charge in [0.25, 0.3) is 0 Å². The molecule has 0 aliphatic heterocycles. The van der Waals surface area contributed by atoms with Gasteiger partial charge in [0, 0.05) is 6.54 Å². The molecular weight excluding hydrogens is 1440 g/mol. The zero-order valence-corrected chi connectivity index (χ0v) is 65.8. The highest BCUT2D eigenvalue weighted by atomic mass is 32.2. The first-order chi connectivity index (χ1) is 50.4. The molecule has 0 aromatic heterocycles. The molecule has 14 amide bonds. The number of aliphatic hydroxyl groups excluding tert-OH is 5. The van der Waals surface area contributed by atoms with Gasteiger partial charge in [-0.25, -0.2) is 4.79 Å². The number of amides is 14. The molecule has 618 valence electrons. The second-order valence-corrected chi connectivity index (χ2v) is 29.4. The van der Waals surface area contributed by atoms with E-state index < -0.39 is 230 Å². The van der Waals surface area contributed by atoms with Gasteiger partial charge >= 0.3 is 5.97 Å². The first-order valence-electron chi connectivity index (χ1n) is 36.3. The molecule has 26 N–H and O–H groups in total. The largest absolute Gasteiger partial charge is 0.480 e. The number of carboxylic acids is 1. The maximum absolute atomic E-state index is 14.1. The van der Waals surface area contributed by atoms with Crippen molar-refractivity contribution in [2.24, 2.45) is 57.7 Å². The number of aliphatic carboxylic acids is 1. The smallest absolute Gasteiger partial charge is 0.328 e. The summed E-state index contributed by atoms with van der Waals surface area (Å²) in [5.74, 6) is -17.3. The number of carbonyl (C=O) groups excluding carboxylic acids is 14. The number of rotatable bonds is 52. The van der Waals surface area contributed by atoms with E-state index in [1.54, 1.807) is 89.3 Å². The van der Waals surface area contributed by atoms with E-state index in [2.05, 4.69) is 79.4 Å². The molecule has 0 heterocycles. The van der Waals surface area contributed by atoms with E-state index >= 15 is 0 Å². The Balaban J connectivity index is 6.47. The second-order valence-electron chi connectivity index (χ2n) is 28.4. The molecule has 0 aromatic rings. The summed E-state index contributed by atoms with van der Waals surface area (Å²) in [6.07, 6.45) is 0.684. The van der Waals surface area contributed by atoms with Gasteiger partial charge in [-0.2, -0.15) is 11.8 Å². The summed E-state index contributed by atoms with van der Waals surface area (Å²) in [6, 6.07) is -22.2. The average molecular weight is 1560 g/mol. The summed E-state index contributed by atoms with van der Waals surface area (Å²) in [4.78, 5) is 208. The Morgan fingerprint density at radius 3 is 1.06 bits per heavy atom. The minimum absolute atomic E-state index is 0.000261. The summed E-state index contributed by atoms with van der Waals surface area (Å²) in [5, 5.41) is 94.4. The Hall–Kier alpha value is -8.57. The lowest BCUT2D eigenvalue weighted by Crippen LogP contribution is -2.62. The predicted molar refractivity (Wildman–Crippen MR) is 399 cm³/mol. The van der Waals surface area contributed by atoms with Gasteiger partial charge in [0.15, 0.2) is 5.96 Å². The third kappa shape index (κ3) is 36.1. The number of nitrogens with one attached hydrogen (secondary N) is 14. The number of thioether (sulfide) groups is 1. The minimum Gasteiger partial charge on any atom is -0.480 e. The molecule has 0 saturated carbocycles. The molecule has 108 heavy (non-hydrogen) atoms. The molecule has 0 rings (SSSR count). The van der Waals surface area contributed by atoms with Crippen molar-refractivity contribution in [1.29, 1.82) is 0 Å². The van der Waals surface area contributed by atoms with Crippen LogP contribution in [0.3, 0.4) is 0 Å². The fourth-order valence-corrected chi connectivity index (χ4v) is 10.8. The van der Waals surface area contributed by atoms with Crippen molar-refractivity contribution in [3.8, 4) is 0 Å². The SMILES string of the molecule is CC[C@H](C)[C@H](NC(=O)[C@H](CC(C)C)NC(=O)[C@@H](NC(=O)[C@H](CO)NC(=O)[C@H](CC(C)C)NC(=O)[C@H](C)NC(=O)[C@H](CO)NC(=O)[C@H](CCSC)NC(=O)[C@@H](NC(=O)[C@H](C)NC(=O)[C@H](CC(C)C)NC(=O)[C@H](CCCN=C(N)N)NC(=O)[C@@H](NC(=O)[C@@H](N)CO)[C@@H](C)CC)[C@@H](C)O)C(C)C)C(=O)N[C@@H](CO)C(=O)O. The molecule has 0 aliphatic carbocycles. The molecule has 0 spiro atoms. The molecule has 0 fully saturated rings. The lowest BCUT2D eigenvalue weighted by atomic mass is 9.96. The number of aliphatic hydroxyl groups is 5. The van der Waals surface area contributed by atoms with Crippen molar-refractivity contribution in [3.63, 3.8) is 0 Å². The fourth-order valence-electron chi connectivity index (χ4n) is 10.4. The third-order valence-corrected chi connectivity index (χ3v) is 17.8. The standard InChI is InChI=1S/C68H124N18O21S/c1-17-35(11)50(84-55(94)40(69)27-87)64(103)75-41(20-19-22-72-68(70)71)56(95)78-43(24-31(3)4)58(97)73-38(14)54(93)86-52(39(15)91)66(105)76-42(21-23-108-16)57(96)80-46(28-88)61(100)74-37(13)53(92)77-44(25-32(5)6)59(98)81-47(29-89)62(101)83-49(34(9)10)63(102)79-45(26-33(7)8)60(99)85-51(36(12)18-2)65(104)82-48(30-90)67(106)107/h31-52,87-91H,17-30,69H2,1-16H3,(H,73,97)(H,74,100)(H,75,103)(H,76,105)(H,77,92)(H,78,95)(H,79,102)(H,80,96)(H,81,98)(H,82,104)(H,83,101)(H,84,94)(H,85,99)(H,86,93)(H,106,107)(H4,70,71,72)/t35-,36-,37-,38-,39+,40-,41-,42-,43-,44-,45-,46-,47-,48-,49-,50-,51-,52-/m0/s1. The lowest BCUT2D eigenvalue weighted by molar-refractivity contribution is -0.143. The first kappa shape index (κ1) is 99.4. The Kier molecular flexibility index (Phi) is 46.9. The van der Waals surface area contributed by atoms with E-state index in [9.17, 15) is 103 Å². The Morgan fingerprint density at radius 1 is 0.370 bits per heavy atom. The number of nitrogens with zero attached hydrogens (tertiary/aromatic N) is 1. The number of hydrogen-bond donors (Lipinski definition) is 23. The highest BCUT2D eigenvalue weighted by molar-refractivity contribution is 7.98. The summed E-state index contributed by atoms with van der Waals surface area (Å²) in [5.41, 5.74) is 16.7. The predicted octanol–water partition coefficient (Wildman–Crippen LogP) is -6.73. The van der Waals surface area contributed by atoms with Gasteiger partial charge in [0.2, 0.25) is 82.7 Å². The van der Waals surface area contributed by atoms with Crippen LogP contribution in [0, 0.1) is 35.5 Å². The third-order valence-electron chi connectivity index (χ3n) is 17.2. The van der Waals surface area contributed by atoms with Crippen molar-refractivity contribution < 1.29 is 103 Å². The number of aliphatic imine (C=N–C) groups is 1. The minimum atomic E-state index is -1.80. The monoisotopic (exact) mass is 1560 g/mol. The first-order valence-corrected chi connectivity index (χ1v) is 37.7. The van der Waals surface area contributed by atoms with Crippen molar-refractivity contribution in [2.75, 3.05) is 45.0 Å². The van der Waals surface area contributed by atoms with Crippen molar-refractivity contribution in [1.82, 2.24) is 74.4 Å². The van der Waals surface area contributed by atoms with E-state index in [4.69, 9.17) is 17.2 Å². The van der Waals surface area contributed by atoms with Crippen LogP contribution in [-0.4, -0.2) is 267 Å². The van der Waals surface area contributed by atoms with Crippen LogP contribution in [0.1, 0.15) is 155 Å². The number of hydrogen-bond acceptors (Lipinski definition) is 23. The fraction of sp³-hybridized carbons (Fsp3) is 0.765. The molecule has 0 aromatic carbocycles. The van der Waals surface area contributed by atoms with Gasteiger partial charge in [-0.3, -0.25) is 72.1 Å². The van der Waals surface area contributed by atoms with Crippen LogP contribution in [0.15, 0.2) is 4.99 Å². The molecule has 0 bridgehead atoms. The molecule has 0 saturated heterocycles. The Labute approximate surface area is 635 Å². The van der Waals surface area contributed by atoms with E-state index in [0.29, 0.717) is 12.8 Å².